The molecule has 6 heteroatoms. The van der Waals surface area contributed by atoms with Crippen LogP contribution in [0, 0.1) is 0 Å². The highest BCUT2D eigenvalue weighted by Gasteiger charge is 2.37. The summed E-state index contributed by atoms with van der Waals surface area (Å²) in [6.45, 7) is 5.11. The molecule has 0 bridgehead atoms. The van der Waals surface area contributed by atoms with Gasteiger partial charge in [-0.15, -0.1) is 0 Å². The summed E-state index contributed by atoms with van der Waals surface area (Å²) in [6.07, 6.45) is -2.81. The molecule has 0 aromatic rings. The molecule has 0 unspecified atom stereocenters. The Morgan fingerprint density at radius 3 is 2.18 bits per heavy atom. The normalized spacial score (nSPS) is 22.1. The van der Waals surface area contributed by atoms with Crippen LogP contribution < -0.4 is 11.1 Å². The SMILES string of the molecule is CC(C)N1CCC(CN)(NCC(F)(F)F)CC1. The number of hydrogen-bond donors (Lipinski definition) is 2. The van der Waals surface area contributed by atoms with Crippen molar-refractivity contribution in [1.82, 2.24) is 10.2 Å². The maximum atomic E-state index is 12.2. The number of piperidine rings is 1. The van der Waals surface area contributed by atoms with Crippen LogP contribution in [0.2, 0.25) is 0 Å². The molecule has 0 amide bonds. The van der Waals surface area contributed by atoms with Gasteiger partial charge in [0.05, 0.1) is 6.54 Å². The van der Waals surface area contributed by atoms with E-state index in [0.29, 0.717) is 18.9 Å². The van der Waals surface area contributed by atoms with Crippen LogP contribution in [0.4, 0.5) is 13.2 Å². The lowest BCUT2D eigenvalue weighted by atomic mass is 9.87. The summed E-state index contributed by atoms with van der Waals surface area (Å²) < 4.78 is 36.6. The van der Waals surface area contributed by atoms with Gasteiger partial charge in [-0.3, -0.25) is 0 Å². The molecule has 0 aliphatic carbocycles. The van der Waals surface area contributed by atoms with Gasteiger partial charge in [0.2, 0.25) is 0 Å². The van der Waals surface area contributed by atoms with Crippen LogP contribution in [0.3, 0.4) is 0 Å². The Morgan fingerprint density at radius 1 is 1.29 bits per heavy atom. The first-order chi connectivity index (χ1) is 7.78. The van der Waals surface area contributed by atoms with E-state index in [4.69, 9.17) is 5.73 Å². The third kappa shape index (κ3) is 4.44. The van der Waals surface area contributed by atoms with Gasteiger partial charge in [0.1, 0.15) is 0 Å². The van der Waals surface area contributed by atoms with Gasteiger partial charge >= 0.3 is 6.18 Å². The minimum atomic E-state index is -4.17. The fourth-order valence-corrected chi connectivity index (χ4v) is 2.21. The van der Waals surface area contributed by atoms with Crippen molar-refractivity contribution < 1.29 is 13.2 Å². The Morgan fingerprint density at radius 2 is 1.82 bits per heavy atom. The molecule has 1 aliphatic heterocycles. The van der Waals surface area contributed by atoms with Gasteiger partial charge in [-0.1, -0.05) is 0 Å². The fraction of sp³-hybridized carbons (Fsp3) is 1.00. The summed E-state index contributed by atoms with van der Waals surface area (Å²) in [7, 11) is 0. The molecular weight excluding hydrogens is 231 g/mol. The van der Waals surface area contributed by atoms with Gasteiger partial charge in [-0.25, -0.2) is 0 Å². The zero-order valence-electron chi connectivity index (χ0n) is 10.5. The zero-order valence-corrected chi connectivity index (χ0v) is 10.5. The summed E-state index contributed by atoms with van der Waals surface area (Å²) in [5.41, 5.74) is 5.10. The van der Waals surface area contributed by atoms with E-state index in [2.05, 4.69) is 24.1 Å². The Balaban J connectivity index is 2.49. The van der Waals surface area contributed by atoms with Crippen molar-refractivity contribution in [1.29, 1.82) is 0 Å². The first-order valence-electron chi connectivity index (χ1n) is 6.04. The highest BCUT2D eigenvalue weighted by Crippen LogP contribution is 2.24. The molecule has 0 aromatic carbocycles. The number of nitrogens with zero attached hydrogens (tertiary/aromatic N) is 1. The quantitative estimate of drug-likeness (QED) is 0.794. The molecule has 1 rings (SSSR count). The molecule has 0 aromatic heterocycles. The second-order valence-electron chi connectivity index (χ2n) is 5.08. The van der Waals surface area contributed by atoms with Crippen LogP contribution in [0.15, 0.2) is 0 Å². The average Bonchev–Trinajstić information content (AvgIpc) is 2.26. The Hall–Kier alpha value is -0.330. The lowest BCUT2D eigenvalue weighted by Crippen LogP contribution is -2.60. The van der Waals surface area contributed by atoms with Gasteiger partial charge in [-0.2, -0.15) is 13.2 Å². The molecule has 17 heavy (non-hydrogen) atoms. The molecule has 1 fully saturated rings. The molecule has 0 saturated carbocycles. The maximum Gasteiger partial charge on any atom is 0.401 e. The molecular formula is C11H22F3N3. The third-order valence-corrected chi connectivity index (χ3v) is 3.54. The second-order valence-corrected chi connectivity index (χ2v) is 5.08. The number of nitrogens with two attached hydrogens (primary N) is 1. The van der Waals surface area contributed by atoms with Crippen molar-refractivity contribution in [2.75, 3.05) is 26.2 Å². The van der Waals surface area contributed by atoms with E-state index in [1.807, 2.05) is 0 Å². The van der Waals surface area contributed by atoms with Crippen molar-refractivity contribution in [3.63, 3.8) is 0 Å². The largest absolute Gasteiger partial charge is 0.401 e. The molecule has 0 spiro atoms. The van der Waals surface area contributed by atoms with Gasteiger partial charge in [-0.05, 0) is 26.7 Å². The van der Waals surface area contributed by atoms with Gasteiger partial charge in [0.15, 0.2) is 0 Å². The predicted molar refractivity (Wildman–Crippen MR) is 61.8 cm³/mol. The Bertz CT molecular complexity index is 233. The molecule has 3 nitrogen and oxygen atoms in total. The van der Waals surface area contributed by atoms with Crippen molar-refractivity contribution in [2.45, 2.75) is 44.4 Å². The lowest BCUT2D eigenvalue weighted by Gasteiger charge is -2.43. The molecule has 3 N–H and O–H groups in total. The lowest BCUT2D eigenvalue weighted by molar-refractivity contribution is -0.130. The fourth-order valence-electron chi connectivity index (χ4n) is 2.21. The first-order valence-corrected chi connectivity index (χ1v) is 6.04. The summed E-state index contributed by atoms with van der Waals surface area (Å²) in [4.78, 5) is 2.27. The summed E-state index contributed by atoms with van der Waals surface area (Å²) in [6, 6.07) is 0.438. The van der Waals surface area contributed by atoms with Gasteiger partial charge in [0, 0.05) is 31.2 Å². The van der Waals surface area contributed by atoms with E-state index >= 15 is 0 Å². The minimum Gasteiger partial charge on any atom is -0.329 e. The standard InChI is InChI=1S/C11H22F3N3/c1-9(2)17-5-3-10(7-15,4-6-17)16-8-11(12,13)14/h9,16H,3-8,15H2,1-2H3. The van der Waals surface area contributed by atoms with Crippen LogP contribution >= 0.6 is 0 Å². The molecule has 1 heterocycles. The molecule has 0 radical (unpaired) electrons. The van der Waals surface area contributed by atoms with E-state index < -0.39 is 18.3 Å². The van der Waals surface area contributed by atoms with Crippen molar-refractivity contribution in [3.8, 4) is 0 Å². The van der Waals surface area contributed by atoms with Gasteiger partial charge in [0.25, 0.3) is 0 Å². The van der Waals surface area contributed by atoms with Crippen LogP contribution in [0.5, 0.6) is 0 Å². The molecule has 1 saturated heterocycles. The molecule has 102 valence electrons. The van der Waals surface area contributed by atoms with Crippen LogP contribution in [0.1, 0.15) is 26.7 Å². The second kappa shape index (κ2) is 5.54. The van der Waals surface area contributed by atoms with Crippen molar-refractivity contribution in [2.24, 2.45) is 5.73 Å². The minimum absolute atomic E-state index is 0.259. The van der Waals surface area contributed by atoms with E-state index in [-0.39, 0.29) is 6.54 Å². The monoisotopic (exact) mass is 253 g/mol. The third-order valence-electron chi connectivity index (χ3n) is 3.54. The number of hydrogen-bond acceptors (Lipinski definition) is 3. The van der Waals surface area contributed by atoms with Gasteiger partial charge < -0.3 is 16.0 Å². The van der Waals surface area contributed by atoms with Crippen LogP contribution in [-0.2, 0) is 0 Å². The van der Waals surface area contributed by atoms with Crippen LogP contribution in [0.25, 0.3) is 0 Å². The van der Waals surface area contributed by atoms with E-state index in [0.717, 1.165) is 13.1 Å². The van der Waals surface area contributed by atoms with E-state index in [1.54, 1.807) is 0 Å². The number of alkyl halides is 3. The molecule has 0 atom stereocenters. The average molecular weight is 253 g/mol. The van der Waals surface area contributed by atoms with E-state index in [1.165, 1.54) is 0 Å². The zero-order chi connectivity index (χ0) is 13.1. The number of nitrogens with one attached hydrogen (secondary N) is 1. The predicted octanol–water partition coefficient (Wildman–Crippen LogP) is 1.34. The van der Waals surface area contributed by atoms with E-state index in [9.17, 15) is 13.2 Å². The smallest absolute Gasteiger partial charge is 0.329 e. The maximum absolute atomic E-state index is 12.2. The summed E-state index contributed by atoms with van der Waals surface area (Å²) in [5.74, 6) is 0. The highest BCUT2D eigenvalue weighted by molar-refractivity contribution is 4.95. The number of likely N-dealkylation sites (tertiary alicyclic amines) is 1. The molecule has 1 aliphatic rings. The Labute approximate surface area is 101 Å². The topological polar surface area (TPSA) is 41.3 Å². The number of rotatable bonds is 4. The highest BCUT2D eigenvalue weighted by atomic mass is 19.4. The first kappa shape index (κ1) is 14.7. The number of halogens is 3. The summed E-state index contributed by atoms with van der Waals surface area (Å²) in [5, 5.41) is 2.61. The summed E-state index contributed by atoms with van der Waals surface area (Å²) >= 11 is 0. The van der Waals surface area contributed by atoms with Crippen molar-refractivity contribution >= 4 is 0 Å². The van der Waals surface area contributed by atoms with Crippen LogP contribution in [-0.4, -0.2) is 48.8 Å². The van der Waals surface area contributed by atoms with Crippen molar-refractivity contribution in [3.05, 3.63) is 0 Å². The Kier molecular flexibility index (Phi) is 4.80.